The van der Waals surface area contributed by atoms with Gasteiger partial charge in [0.2, 0.25) is 0 Å². The molecule has 2 fully saturated rings. The van der Waals surface area contributed by atoms with E-state index in [1.165, 1.54) is 19.3 Å². The van der Waals surface area contributed by atoms with Crippen LogP contribution in [0, 0.1) is 0 Å². The van der Waals surface area contributed by atoms with Crippen molar-refractivity contribution in [2.45, 2.75) is 47.9 Å². The molecule has 0 amide bonds. The lowest BCUT2D eigenvalue weighted by Crippen LogP contribution is -2.46. The molecule has 1 heterocycles. The van der Waals surface area contributed by atoms with Gasteiger partial charge in [0.15, 0.2) is 0 Å². The number of rotatable bonds is 3. The van der Waals surface area contributed by atoms with Crippen molar-refractivity contribution in [1.82, 2.24) is 0 Å². The molecule has 20 heavy (non-hydrogen) atoms. The Morgan fingerprint density at radius 1 is 1.45 bits per heavy atom. The smallest absolute Gasteiger partial charge is 0.337 e. The number of hydrogen-bond donors (Lipinski definition) is 1. The maximum Gasteiger partial charge on any atom is 0.337 e. The molecule has 1 N–H and O–H groups in total. The lowest BCUT2D eigenvalue weighted by atomic mass is 9.75. The molecule has 1 saturated heterocycles. The molecule has 108 valence electrons. The fraction of sp³-hybridized carbons (Fsp3) is 0.533. The van der Waals surface area contributed by atoms with Crippen LogP contribution in [0.1, 0.15) is 42.5 Å². The number of thioether (sulfide) groups is 1. The molecule has 1 aromatic rings. The number of aromatic carboxylic acids is 1. The summed E-state index contributed by atoms with van der Waals surface area (Å²) in [4.78, 5) is 12.1. The highest BCUT2D eigenvalue weighted by Gasteiger charge is 2.42. The second kappa shape index (κ2) is 5.58. The van der Waals surface area contributed by atoms with E-state index in [0.717, 1.165) is 24.3 Å². The zero-order valence-electron chi connectivity index (χ0n) is 11.1. The van der Waals surface area contributed by atoms with Crippen molar-refractivity contribution >= 4 is 29.3 Å². The van der Waals surface area contributed by atoms with Crippen molar-refractivity contribution in [2.75, 3.05) is 6.61 Å². The van der Waals surface area contributed by atoms with E-state index in [-0.39, 0.29) is 11.2 Å². The summed E-state index contributed by atoms with van der Waals surface area (Å²) in [6, 6.07) is 5.26. The maximum absolute atomic E-state index is 11.1. The van der Waals surface area contributed by atoms with Gasteiger partial charge in [-0.05, 0) is 50.3 Å². The predicted octanol–water partition coefficient (Wildman–Crippen LogP) is 4.23. The van der Waals surface area contributed by atoms with Crippen molar-refractivity contribution in [2.24, 2.45) is 0 Å². The van der Waals surface area contributed by atoms with Crippen LogP contribution >= 0.6 is 23.4 Å². The van der Waals surface area contributed by atoms with Gasteiger partial charge in [-0.3, -0.25) is 0 Å². The van der Waals surface area contributed by atoms with Gasteiger partial charge in [-0.15, -0.1) is 11.8 Å². The summed E-state index contributed by atoms with van der Waals surface area (Å²) in [5, 5.41) is 9.91. The van der Waals surface area contributed by atoms with Gasteiger partial charge < -0.3 is 9.84 Å². The zero-order valence-corrected chi connectivity index (χ0v) is 12.7. The van der Waals surface area contributed by atoms with E-state index < -0.39 is 5.97 Å². The molecular weight excluding hydrogens is 296 g/mol. The van der Waals surface area contributed by atoms with E-state index >= 15 is 0 Å². The van der Waals surface area contributed by atoms with Gasteiger partial charge in [0, 0.05) is 16.8 Å². The summed E-state index contributed by atoms with van der Waals surface area (Å²) in [6.45, 7) is 0.817. The number of carboxylic acids is 1. The van der Waals surface area contributed by atoms with Crippen molar-refractivity contribution in [3.05, 3.63) is 28.8 Å². The molecule has 1 aliphatic carbocycles. The zero-order chi connectivity index (χ0) is 14.2. The Bertz CT molecular complexity index is 528. The molecule has 1 aliphatic heterocycles. The van der Waals surface area contributed by atoms with Crippen LogP contribution in [-0.2, 0) is 4.74 Å². The summed E-state index contributed by atoms with van der Waals surface area (Å²) in [5.41, 5.74) is 0.305. The Morgan fingerprint density at radius 3 is 2.90 bits per heavy atom. The van der Waals surface area contributed by atoms with Crippen LogP contribution in [0.4, 0.5) is 0 Å². The quantitative estimate of drug-likeness (QED) is 0.907. The Hall–Kier alpha value is -0.710. The summed E-state index contributed by atoms with van der Waals surface area (Å²) >= 11 is 7.66. The van der Waals surface area contributed by atoms with Crippen LogP contribution in [0.5, 0.6) is 0 Å². The van der Waals surface area contributed by atoms with Gasteiger partial charge in [0.25, 0.3) is 0 Å². The molecule has 0 radical (unpaired) electrons. The van der Waals surface area contributed by atoms with Gasteiger partial charge >= 0.3 is 5.97 Å². The number of hydrogen-bond acceptors (Lipinski definition) is 3. The van der Waals surface area contributed by atoms with E-state index in [1.54, 1.807) is 23.9 Å². The highest BCUT2D eigenvalue weighted by Crippen LogP contribution is 2.46. The van der Waals surface area contributed by atoms with Crippen LogP contribution in [0.25, 0.3) is 0 Å². The van der Waals surface area contributed by atoms with E-state index in [0.29, 0.717) is 10.3 Å². The van der Waals surface area contributed by atoms with E-state index in [2.05, 4.69) is 0 Å². The minimum atomic E-state index is -0.972. The molecule has 1 saturated carbocycles. The molecule has 3 rings (SSSR count). The second-order valence-corrected chi connectivity index (χ2v) is 7.35. The first kappa shape index (κ1) is 14.2. The minimum Gasteiger partial charge on any atom is -0.478 e. The SMILES string of the molecule is O=C(O)c1cc(SC2CCOC3(CCC3)C2)ccc1Cl. The third-order valence-electron chi connectivity index (χ3n) is 4.18. The first-order chi connectivity index (χ1) is 9.58. The molecule has 3 nitrogen and oxygen atoms in total. The maximum atomic E-state index is 11.1. The van der Waals surface area contributed by atoms with Gasteiger partial charge in [-0.2, -0.15) is 0 Å². The Labute approximate surface area is 127 Å². The molecule has 0 bridgehead atoms. The number of carboxylic acid groups (broad SMARTS) is 1. The predicted molar refractivity (Wildman–Crippen MR) is 79.8 cm³/mol. The van der Waals surface area contributed by atoms with Gasteiger partial charge in [0.1, 0.15) is 0 Å². The first-order valence-corrected chi connectivity index (χ1v) is 8.17. The van der Waals surface area contributed by atoms with Crippen molar-refractivity contribution < 1.29 is 14.6 Å². The highest BCUT2D eigenvalue weighted by atomic mass is 35.5. The molecule has 1 spiro atoms. The summed E-state index contributed by atoms with van der Waals surface area (Å²) in [5.74, 6) is -0.972. The first-order valence-electron chi connectivity index (χ1n) is 6.91. The van der Waals surface area contributed by atoms with Crippen LogP contribution in [0.2, 0.25) is 5.02 Å². The van der Waals surface area contributed by atoms with Crippen molar-refractivity contribution in [1.29, 1.82) is 0 Å². The van der Waals surface area contributed by atoms with E-state index in [1.807, 2.05) is 6.07 Å². The number of ether oxygens (including phenoxy) is 1. The van der Waals surface area contributed by atoms with Crippen LogP contribution in [-0.4, -0.2) is 28.5 Å². The van der Waals surface area contributed by atoms with Crippen molar-refractivity contribution in [3.8, 4) is 0 Å². The second-order valence-electron chi connectivity index (χ2n) is 5.56. The van der Waals surface area contributed by atoms with Gasteiger partial charge in [0.05, 0.1) is 16.2 Å². The van der Waals surface area contributed by atoms with Crippen molar-refractivity contribution in [3.63, 3.8) is 0 Å². The molecule has 1 unspecified atom stereocenters. The molecule has 2 aliphatic rings. The number of halogens is 1. The summed E-state index contributed by atoms with van der Waals surface area (Å²) < 4.78 is 5.92. The topological polar surface area (TPSA) is 46.5 Å². The molecule has 1 aromatic carbocycles. The number of benzene rings is 1. The lowest BCUT2D eigenvalue weighted by molar-refractivity contribution is -0.125. The number of carbonyl (C=O) groups is 1. The van der Waals surface area contributed by atoms with Crippen LogP contribution < -0.4 is 0 Å². The van der Waals surface area contributed by atoms with Gasteiger partial charge in [-0.25, -0.2) is 4.79 Å². The highest BCUT2D eigenvalue weighted by molar-refractivity contribution is 8.00. The third kappa shape index (κ3) is 2.83. The Kier molecular flexibility index (Phi) is 3.98. The van der Waals surface area contributed by atoms with E-state index in [9.17, 15) is 4.79 Å². The monoisotopic (exact) mass is 312 g/mol. The molecule has 0 aromatic heterocycles. The third-order valence-corrected chi connectivity index (χ3v) is 5.77. The van der Waals surface area contributed by atoms with Crippen LogP contribution in [0.3, 0.4) is 0 Å². The summed E-state index contributed by atoms with van der Waals surface area (Å²) in [7, 11) is 0. The van der Waals surface area contributed by atoms with Crippen LogP contribution in [0.15, 0.2) is 23.1 Å². The molecule has 5 heteroatoms. The normalized spacial score (nSPS) is 24.4. The Morgan fingerprint density at radius 2 is 2.25 bits per heavy atom. The fourth-order valence-corrected chi connectivity index (χ4v) is 4.45. The average Bonchev–Trinajstić information content (AvgIpc) is 2.39. The molecular formula is C15H17ClO3S. The fourth-order valence-electron chi connectivity index (χ4n) is 2.94. The largest absolute Gasteiger partial charge is 0.478 e. The summed E-state index contributed by atoms with van der Waals surface area (Å²) in [6.07, 6.45) is 5.71. The lowest BCUT2D eigenvalue weighted by Gasteiger charge is -2.47. The average molecular weight is 313 g/mol. The standard InChI is InChI=1S/C15H17ClO3S/c16-13-3-2-10(8-12(13)14(17)18)20-11-4-7-19-15(9-11)5-1-6-15/h2-3,8,11H,1,4-7,9H2,(H,17,18). The molecule has 1 atom stereocenters. The minimum absolute atomic E-state index is 0.123. The van der Waals surface area contributed by atoms with E-state index in [4.69, 9.17) is 21.4 Å². The Balaban J connectivity index is 1.71. The van der Waals surface area contributed by atoms with Gasteiger partial charge in [-0.1, -0.05) is 11.6 Å².